The first kappa shape index (κ1) is 15.0. The van der Waals surface area contributed by atoms with Crippen LogP contribution in [-0.4, -0.2) is 25.1 Å². The predicted octanol–water partition coefficient (Wildman–Crippen LogP) is 3.88. The molecule has 0 aliphatic rings. The number of nitrogens with zero attached hydrogens (tertiary/aromatic N) is 4. The maximum absolute atomic E-state index is 13.0. The van der Waals surface area contributed by atoms with Crippen LogP contribution < -0.4 is 5.32 Å². The van der Waals surface area contributed by atoms with Crippen LogP contribution in [0.4, 0.5) is 10.2 Å². The van der Waals surface area contributed by atoms with Gasteiger partial charge in [0.1, 0.15) is 22.8 Å². The van der Waals surface area contributed by atoms with Gasteiger partial charge in [0, 0.05) is 6.54 Å². The van der Waals surface area contributed by atoms with Gasteiger partial charge in [-0.1, -0.05) is 23.7 Å². The third-order valence-electron chi connectivity index (χ3n) is 3.36. The number of benzene rings is 1. The molecule has 9 heteroatoms. The molecule has 0 amide bonds. The standard InChI is InChI=1S/C15H10ClFN6S/c16-11-5-10-12(18-6-8-1-3-9(17)4-2-8)21-14(22-15(10)24-11)13-19-7-20-23-13/h1-5,7H,6H2,(H,18,21,22)(H,19,20,23). The Kier molecular flexibility index (Phi) is 3.83. The summed E-state index contributed by atoms with van der Waals surface area (Å²) < 4.78 is 13.6. The summed E-state index contributed by atoms with van der Waals surface area (Å²) in [5.74, 6) is 1.28. The molecule has 0 radical (unpaired) electrons. The number of hydrogen-bond acceptors (Lipinski definition) is 6. The van der Waals surface area contributed by atoms with Crippen LogP contribution in [0.5, 0.6) is 0 Å². The topological polar surface area (TPSA) is 79.4 Å². The molecular weight excluding hydrogens is 351 g/mol. The Bertz CT molecular complexity index is 983. The normalized spacial score (nSPS) is 11.1. The highest BCUT2D eigenvalue weighted by Crippen LogP contribution is 2.33. The molecule has 0 spiro atoms. The molecule has 120 valence electrons. The van der Waals surface area contributed by atoms with E-state index in [9.17, 15) is 4.39 Å². The van der Waals surface area contributed by atoms with Crippen molar-refractivity contribution in [1.29, 1.82) is 0 Å². The quantitative estimate of drug-likeness (QED) is 0.577. The average Bonchev–Trinajstić information content (AvgIpc) is 3.22. The summed E-state index contributed by atoms with van der Waals surface area (Å²) in [5.41, 5.74) is 0.936. The third-order valence-corrected chi connectivity index (χ3v) is 4.52. The van der Waals surface area contributed by atoms with E-state index in [4.69, 9.17) is 11.6 Å². The molecule has 0 bridgehead atoms. The number of rotatable bonds is 4. The predicted molar refractivity (Wildman–Crippen MR) is 91.5 cm³/mol. The highest BCUT2D eigenvalue weighted by atomic mass is 35.5. The number of anilines is 1. The minimum atomic E-state index is -0.264. The molecule has 24 heavy (non-hydrogen) atoms. The first-order valence-corrected chi connectivity index (χ1v) is 8.19. The Labute approximate surface area is 144 Å². The summed E-state index contributed by atoms with van der Waals surface area (Å²) >= 11 is 7.48. The van der Waals surface area contributed by atoms with Crippen LogP contribution >= 0.6 is 22.9 Å². The van der Waals surface area contributed by atoms with Gasteiger partial charge in [-0.15, -0.1) is 11.3 Å². The van der Waals surface area contributed by atoms with Crippen molar-refractivity contribution in [3.05, 3.63) is 52.4 Å². The van der Waals surface area contributed by atoms with Gasteiger partial charge >= 0.3 is 0 Å². The molecule has 3 heterocycles. The van der Waals surface area contributed by atoms with E-state index >= 15 is 0 Å². The summed E-state index contributed by atoms with van der Waals surface area (Å²) in [6.45, 7) is 0.496. The summed E-state index contributed by atoms with van der Waals surface area (Å²) in [4.78, 5) is 13.8. The lowest BCUT2D eigenvalue weighted by Crippen LogP contribution is -2.04. The first-order chi connectivity index (χ1) is 11.7. The highest BCUT2D eigenvalue weighted by molar-refractivity contribution is 7.22. The minimum absolute atomic E-state index is 0.264. The van der Waals surface area contributed by atoms with E-state index in [1.54, 1.807) is 12.1 Å². The van der Waals surface area contributed by atoms with Crippen LogP contribution in [0.2, 0.25) is 4.34 Å². The Hall–Kier alpha value is -2.58. The maximum atomic E-state index is 13.0. The van der Waals surface area contributed by atoms with Gasteiger partial charge in [-0.25, -0.2) is 19.3 Å². The van der Waals surface area contributed by atoms with Gasteiger partial charge in [-0.3, -0.25) is 5.10 Å². The summed E-state index contributed by atoms with van der Waals surface area (Å²) in [6, 6.07) is 8.11. The molecule has 1 aromatic carbocycles. The molecule has 4 aromatic rings. The second-order valence-electron chi connectivity index (χ2n) is 4.98. The molecule has 2 N–H and O–H groups in total. The average molecular weight is 361 g/mol. The number of nitrogens with one attached hydrogen (secondary N) is 2. The molecule has 0 atom stereocenters. The molecule has 4 rings (SSSR count). The molecule has 0 saturated heterocycles. The van der Waals surface area contributed by atoms with Crippen LogP contribution in [0.1, 0.15) is 5.56 Å². The van der Waals surface area contributed by atoms with E-state index < -0.39 is 0 Å². The van der Waals surface area contributed by atoms with Crippen LogP contribution in [-0.2, 0) is 6.54 Å². The fraction of sp³-hybridized carbons (Fsp3) is 0.0667. The monoisotopic (exact) mass is 360 g/mol. The lowest BCUT2D eigenvalue weighted by molar-refractivity contribution is 0.627. The molecule has 0 aliphatic heterocycles. The number of aromatic nitrogens is 5. The zero-order valence-electron chi connectivity index (χ0n) is 12.1. The van der Waals surface area contributed by atoms with Crippen molar-refractivity contribution in [3.8, 4) is 11.6 Å². The smallest absolute Gasteiger partial charge is 0.200 e. The van der Waals surface area contributed by atoms with Crippen LogP contribution in [0.3, 0.4) is 0 Å². The van der Waals surface area contributed by atoms with Gasteiger partial charge in [0.15, 0.2) is 5.82 Å². The lowest BCUT2D eigenvalue weighted by atomic mass is 10.2. The van der Waals surface area contributed by atoms with E-state index in [0.717, 1.165) is 15.8 Å². The van der Waals surface area contributed by atoms with E-state index in [2.05, 4.69) is 30.5 Å². The Balaban J connectivity index is 1.71. The molecule has 0 saturated carbocycles. The second kappa shape index (κ2) is 6.14. The van der Waals surface area contributed by atoms with Crippen molar-refractivity contribution in [2.75, 3.05) is 5.32 Å². The second-order valence-corrected chi connectivity index (χ2v) is 6.64. The van der Waals surface area contributed by atoms with Crippen LogP contribution in [0.15, 0.2) is 36.7 Å². The summed E-state index contributed by atoms with van der Waals surface area (Å²) in [7, 11) is 0. The Morgan fingerprint density at radius 1 is 1.21 bits per heavy atom. The van der Waals surface area contributed by atoms with Gasteiger partial charge in [0.25, 0.3) is 0 Å². The van der Waals surface area contributed by atoms with Gasteiger partial charge in [-0.05, 0) is 23.8 Å². The molecule has 3 aromatic heterocycles. The highest BCUT2D eigenvalue weighted by Gasteiger charge is 2.14. The third kappa shape index (κ3) is 2.93. The Morgan fingerprint density at radius 3 is 2.79 bits per heavy atom. The molecule has 0 aliphatic carbocycles. The van der Waals surface area contributed by atoms with Crippen molar-refractivity contribution in [1.82, 2.24) is 25.1 Å². The van der Waals surface area contributed by atoms with E-state index in [1.165, 1.54) is 29.8 Å². The summed E-state index contributed by atoms with van der Waals surface area (Å²) in [5, 5.41) is 10.6. The lowest BCUT2D eigenvalue weighted by Gasteiger charge is -2.08. The van der Waals surface area contributed by atoms with Gasteiger partial charge in [0.2, 0.25) is 5.82 Å². The number of halogens is 2. The van der Waals surface area contributed by atoms with Gasteiger partial charge in [-0.2, -0.15) is 5.10 Å². The van der Waals surface area contributed by atoms with E-state index in [0.29, 0.717) is 28.3 Å². The summed E-state index contributed by atoms with van der Waals surface area (Å²) in [6.07, 6.45) is 1.40. The van der Waals surface area contributed by atoms with E-state index in [-0.39, 0.29) is 5.82 Å². The minimum Gasteiger partial charge on any atom is -0.365 e. The molecule has 0 unspecified atom stereocenters. The first-order valence-electron chi connectivity index (χ1n) is 7.00. The molecule has 6 nitrogen and oxygen atoms in total. The number of hydrogen-bond donors (Lipinski definition) is 2. The van der Waals surface area contributed by atoms with Crippen molar-refractivity contribution in [2.45, 2.75) is 6.54 Å². The number of thiophene rings is 1. The van der Waals surface area contributed by atoms with Crippen molar-refractivity contribution in [3.63, 3.8) is 0 Å². The van der Waals surface area contributed by atoms with Crippen molar-refractivity contribution >= 4 is 39.0 Å². The zero-order chi connectivity index (χ0) is 16.5. The van der Waals surface area contributed by atoms with Gasteiger partial charge in [0.05, 0.1) is 9.72 Å². The van der Waals surface area contributed by atoms with Crippen LogP contribution in [0.25, 0.3) is 21.9 Å². The number of aromatic amines is 1. The maximum Gasteiger partial charge on any atom is 0.200 e. The van der Waals surface area contributed by atoms with E-state index in [1.807, 2.05) is 6.07 Å². The zero-order valence-corrected chi connectivity index (χ0v) is 13.7. The fourth-order valence-electron chi connectivity index (χ4n) is 2.23. The Morgan fingerprint density at radius 2 is 2.04 bits per heavy atom. The molecule has 0 fully saturated rings. The number of H-pyrrole nitrogens is 1. The van der Waals surface area contributed by atoms with Crippen LogP contribution in [0, 0.1) is 5.82 Å². The van der Waals surface area contributed by atoms with Crippen molar-refractivity contribution in [2.24, 2.45) is 0 Å². The van der Waals surface area contributed by atoms with Gasteiger partial charge < -0.3 is 5.32 Å². The number of fused-ring (bicyclic) bond motifs is 1. The molecular formula is C15H10ClFN6S. The fourth-order valence-corrected chi connectivity index (χ4v) is 3.32. The van der Waals surface area contributed by atoms with Crippen molar-refractivity contribution < 1.29 is 4.39 Å². The SMILES string of the molecule is Fc1ccc(CNc2nc(-c3ncn[nH]3)nc3sc(Cl)cc23)cc1. The largest absolute Gasteiger partial charge is 0.365 e.